The van der Waals surface area contributed by atoms with Crippen molar-refractivity contribution in [1.82, 2.24) is 4.98 Å². The van der Waals surface area contributed by atoms with E-state index >= 15 is 0 Å². The summed E-state index contributed by atoms with van der Waals surface area (Å²) in [5.74, 6) is 0.221. The average molecular weight is 386 g/mol. The molecule has 6 heteroatoms. The molecule has 0 bridgehead atoms. The van der Waals surface area contributed by atoms with Crippen molar-refractivity contribution in [2.75, 3.05) is 7.11 Å². The van der Waals surface area contributed by atoms with Crippen LogP contribution in [0, 0.1) is 6.92 Å². The van der Waals surface area contributed by atoms with Gasteiger partial charge in [-0.05, 0) is 43.3 Å². The zero-order valence-electron chi connectivity index (χ0n) is 14.3. The third-order valence-corrected chi connectivity index (χ3v) is 5.37. The number of thiazole rings is 1. The first kappa shape index (κ1) is 18.3. The molecule has 2 aromatic carbocycles. The highest BCUT2D eigenvalue weighted by atomic mass is 35.5. The summed E-state index contributed by atoms with van der Waals surface area (Å²) in [5, 5.41) is 1.38. The number of aryl methyl sites for hydroxylation is 1. The van der Waals surface area contributed by atoms with Gasteiger partial charge in [0.1, 0.15) is 10.8 Å². The van der Waals surface area contributed by atoms with E-state index < -0.39 is 0 Å². The Morgan fingerprint density at radius 3 is 2.31 bits per heavy atom. The molecule has 0 fully saturated rings. The maximum atomic E-state index is 12.6. The standard InChI is InChI=1S/C20H16ClNO3S/c1-12-19(26-20(22-12)14-3-7-15(21)8-4-14)18(24)11-17(23)13-5-9-16(25-2)10-6-13/h3-10H,11H2,1-2H3. The van der Waals surface area contributed by atoms with Gasteiger partial charge >= 0.3 is 0 Å². The molecule has 3 rings (SSSR count). The summed E-state index contributed by atoms with van der Waals surface area (Å²) in [5.41, 5.74) is 2.01. The number of ketones is 2. The molecule has 0 aliphatic rings. The molecule has 0 amide bonds. The number of methoxy groups -OCH3 is 1. The molecule has 1 aromatic heterocycles. The Kier molecular flexibility index (Phi) is 5.49. The second-order valence-corrected chi connectivity index (χ2v) is 7.13. The van der Waals surface area contributed by atoms with Crippen molar-refractivity contribution in [1.29, 1.82) is 0 Å². The van der Waals surface area contributed by atoms with Crippen molar-refractivity contribution >= 4 is 34.5 Å². The molecule has 0 spiro atoms. The lowest BCUT2D eigenvalue weighted by atomic mass is 10.0. The summed E-state index contributed by atoms with van der Waals surface area (Å²) in [6.07, 6.45) is -0.185. The number of carbonyl (C=O) groups is 2. The SMILES string of the molecule is COc1ccc(C(=O)CC(=O)c2sc(-c3ccc(Cl)cc3)nc2C)cc1. The summed E-state index contributed by atoms with van der Waals surface area (Å²) < 4.78 is 5.07. The quantitative estimate of drug-likeness (QED) is 0.430. The monoisotopic (exact) mass is 385 g/mol. The molecule has 132 valence electrons. The van der Waals surface area contributed by atoms with Gasteiger partial charge in [0.25, 0.3) is 0 Å². The van der Waals surface area contributed by atoms with Crippen LogP contribution in [0.4, 0.5) is 0 Å². The lowest BCUT2D eigenvalue weighted by Gasteiger charge is -2.02. The van der Waals surface area contributed by atoms with Crippen molar-refractivity contribution in [2.24, 2.45) is 0 Å². The Bertz CT molecular complexity index is 946. The number of halogens is 1. The molecule has 0 N–H and O–H groups in total. The molecule has 0 saturated carbocycles. The van der Waals surface area contributed by atoms with Gasteiger partial charge in [0.2, 0.25) is 0 Å². The zero-order valence-corrected chi connectivity index (χ0v) is 15.9. The minimum atomic E-state index is -0.224. The van der Waals surface area contributed by atoms with Gasteiger partial charge in [0.15, 0.2) is 11.6 Å². The number of ether oxygens (including phenoxy) is 1. The number of carbonyl (C=O) groups excluding carboxylic acids is 2. The van der Waals surface area contributed by atoms with E-state index in [1.54, 1.807) is 50.4 Å². The first-order valence-corrected chi connectivity index (χ1v) is 9.11. The fraction of sp³-hybridized carbons (Fsp3) is 0.150. The predicted octanol–water partition coefficient (Wildman–Crippen LogP) is 5.24. The van der Waals surface area contributed by atoms with Crippen LogP contribution in [0.1, 0.15) is 32.1 Å². The van der Waals surface area contributed by atoms with Gasteiger partial charge in [-0.15, -0.1) is 11.3 Å². The maximum Gasteiger partial charge on any atom is 0.182 e. The van der Waals surface area contributed by atoms with E-state index in [0.717, 1.165) is 10.6 Å². The molecule has 0 atom stereocenters. The minimum absolute atomic E-state index is 0.185. The number of benzene rings is 2. The van der Waals surface area contributed by atoms with Crippen LogP contribution >= 0.6 is 22.9 Å². The summed E-state index contributed by atoms with van der Waals surface area (Å²) in [6.45, 7) is 1.78. The largest absolute Gasteiger partial charge is 0.497 e. The van der Waals surface area contributed by atoms with Crippen LogP contribution in [0.5, 0.6) is 5.75 Å². The Morgan fingerprint density at radius 2 is 1.69 bits per heavy atom. The van der Waals surface area contributed by atoms with E-state index in [1.165, 1.54) is 11.3 Å². The van der Waals surface area contributed by atoms with Crippen LogP contribution in [-0.4, -0.2) is 23.7 Å². The second-order valence-electron chi connectivity index (χ2n) is 5.69. The molecular formula is C20H16ClNO3S. The topological polar surface area (TPSA) is 56.3 Å². The van der Waals surface area contributed by atoms with Gasteiger partial charge in [0, 0.05) is 16.1 Å². The van der Waals surface area contributed by atoms with Crippen LogP contribution in [0.25, 0.3) is 10.6 Å². The lowest BCUT2D eigenvalue weighted by Crippen LogP contribution is -2.08. The molecular weight excluding hydrogens is 370 g/mol. The summed E-state index contributed by atoms with van der Waals surface area (Å²) in [6, 6.07) is 14.0. The smallest absolute Gasteiger partial charge is 0.182 e. The van der Waals surface area contributed by atoms with Crippen molar-refractivity contribution in [3.63, 3.8) is 0 Å². The van der Waals surface area contributed by atoms with Gasteiger partial charge in [-0.3, -0.25) is 9.59 Å². The van der Waals surface area contributed by atoms with Crippen LogP contribution in [0.2, 0.25) is 5.02 Å². The average Bonchev–Trinajstić information content (AvgIpc) is 3.04. The highest BCUT2D eigenvalue weighted by Crippen LogP contribution is 2.30. The van der Waals surface area contributed by atoms with Gasteiger partial charge < -0.3 is 4.74 Å². The number of hydrogen-bond acceptors (Lipinski definition) is 5. The van der Waals surface area contributed by atoms with E-state index in [0.29, 0.717) is 26.9 Å². The third-order valence-electron chi connectivity index (χ3n) is 3.87. The number of Topliss-reactive ketones (excluding diaryl/α,β-unsaturated/α-hetero) is 2. The second kappa shape index (κ2) is 7.81. The van der Waals surface area contributed by atoms with E-state index in [1.807, 2.05) is 12.1 Å². The number of rotatable bonds is 6. The number of aromatic nitrogens is 1. The molecule has 0 aliphatic heterocycles. The maximum absolute atomic E-state index is 12.6. The summed E-state index contributed by atoms with van der Waals surface area (Å²) in [4.78, 5) is 29.9. The summed E-state index contributed by atoms with van der Waals surface area (Å²) >= 11 is 7.20. The fourth-order valence-electron chi connectivity index (χ4n) is 2.48. The van der Waals surface area contributed by atoms with Crippen molar-refractivity contribution < 1.29 is 14.3 Å². The van der Waals surface area contributed by atoms with Crippen LogP contribution < -0.4 is 4.74 Å². The van der Waals surface area contributed by atoms with Crippen molar-refractivity contribution in [3.05, 3.63) is 69.7 Å². The fourth-order valence-corrected chi connectivity index (χ4v) is 3.61. The molecule has 0 radical (unpaired) electrons. The third kappa shape index (κ3) is 4.00. The molecule has 0 unspecified atom stereocenters. The number of hydrogen-bond donors (Lipinski definition) is 0. The molecule has 26 heavy (non-hydrogen) atoms. The lowest BCUT2D eigenvalue weighted by molar-refractivity contribution is 0.0896. The molecule has 1 heterocycles. The van der Waals surface area contributed by atoms with Crippen LogP contribution in [-0.2, 0) is 0 Å². The van der Waals surface area contributed by atoms with Gasteiger partial charge in [-0.2, -0.15) is 0 Å². The van der Waals surface area contributed by atoms with E-state index in [2.05, 4.69) is 4.98 Å². The zero-order chi connectivity index (χ0) is 18.7. The van der Waals surface area contributed by atoms with E-state index in [-0.39, 0.29) is 18.0 Å². The van der Waals surface area contributed by atoms with Gasteiger partial charge in [-0.25, -0.2) is 4.98 Å². The van der Waals surface area contributed by atoms with Gasteiger partial charge in [0.05, 0.1) is 24.1 Å². The Hall–Kier alpha value is -2.50. The van der Waals surface area contributed by atoms with Crippen LogP contribution in [0.15, 0.2) is 48.5 Å². The highest BCUT2D eigenvalue weighted by molar-refractivity contribution is 7.17. The molecule has 3 aromatic rings. The molecule has 4 nitrogen and oxygen atoms in total. The van der Waals surface area contributed by atoms with E-state index in [9.17, 15) is 9.59 Å². The predicted molar refractivity (Wildman–Crippen MR) is 104 cm³/mol. The Balaban J connectivity index is 1.77. The van der Waals surface area contributed by atoms with Gasteiger partial charge in [-0.1, -0.05) is 23.7 Å². The molecule has 0 saturated heterocycles. The first-order chi connectivity index (χ1) is 12.5. The molecule has 0 aliphatic carbocycles. The minimum Gasteiger partial charge on any atom is -0.497 e. The highest BCUT2D eigenvalue weighted by Gasteiger charge is 2.20. The first-order valence-electron chi connectivity index (χ1n) is 7.91. The normalized spacial score (nSPS) is 10.6. The Morgan fingerprint density at radius 1 is 1.04 bits per heavy atom. The van der Waals surface area contributed by atoms with Crippen LogP contribution in [0.3, 0.4) is 0 Å². The number of nitrogens with zero attached hydrogens (tertiary/aromatic N) is 1. The Labute approximate surface area is 160 Å². The van der Waals surface area contributed by atoms with Crippen molar-refractivity contribution in [2.45, 2.75) is 13.3 Å². The summed E-state index contributed by atoms with van der Waals surface area (Å²) in [7, 11) is 1.56. The van der Waals surface area contributed by atoms with E-state index in [4.69, 9.17) is 16.3 Å². The van der Waals surface area contributed by atoms with Crippen molar-refractivity contribution in [3.8, 4) is 16.3 Å².